The van der Waals surface area contributed by atoms with Crippen LogP contribution >= 0.6 is 11.8 Å². The topological polar surface area (TPSA) is 93.3 Å². The Morgan fingerprint density at radius 1 is 1.03 bits per heavy atom. The third-order valence-electron chi connectivity index (χ3n) is 5.26. The van der Waals surface area contributed by atoms with E-state index in [1.54, 1.807) is 6.20 Å². The molecule has 0 unspecified atom stereocenters. The average Bonchev–Trinajstić information content (AvgIpc) is 3.26. The fourth-order valence-electron chi connectivity index (χ4n) is 3.77. The number of pyridine rings is 1. The van der Waals surface area contributed by atoms with Crippen molar-refractivity contribution in [1.29, 1.82) is 0 Å². The Balaban J connectivity index is 1.37. The van der Waals surface area contributed by atoms with Gasteiger partial charge in [-0.15, -0.1) is 0 Å². The summed E-state index contributed by atoms with van der Waals surface area (Å²) in [6, 6.07) is 5.89. The molecule has 2 aliphatic rings. The van der Waals surface area contributed by atoms with E-state index in [1.165, 1.54) is 0 Å². The van der Waals surface area contributed by atoms with Gasteiger partial charge in [0.2, 0.25) is 11.3 Å². The lowest BCUT2D eigenvalue weighted by molar-refractivity contribution is 0.0297. The highest BCUT2D eigenvalue weighted by atomic mass is 32.2. The molecule has 2 saturated heterocycles. The molecule has 0 amide bonds. The molecule has 0 spiro atoms. The van der Waals surface area contributed by atoms with Crippen LogP contribution < -0.4 is 9.80 Å². The molecule has 3 aromatic heterocycles. The summed E-state index contributed by atoms with van der Waals surface area (Å²) in [5, 5.41) is 7.80. The van der Waals surface area contributed by atoms with Crippen LogP contribution in [0, 0.1) is 0 Å². The van der Waals surface area contributed by atoms with E-state index < -0.39 is 0 Å². The van der Waals surface area contributed by atoms with Gasteiger partial charge in [-0.05, 0) is 35.3 Å². The molecule has 0 aliphatic carbocycles. The average molecular weight is 414 g/mol. The summed E-state index contributed by atoms with van der Waals surface area (Å²) in [5.41, 5.74) is 1.86. The largest absolute Gasteiger partial charge is 0.370 e. The lowest BCUT2D eigenvalue weighted by Gasteiger charge is -2.36. The van der Waals surface area contributed by atoms with Crippen molar-refractivity contribution >= 4 is 34.7 Å². The molecule has 3 aromatic rings. The second kappa shape index (κ2) is 8.50. The lowest BCUT2D eigenvalue weighted by Crippen LogP contribution is -2.42. The standard InChI is InChI=1S/C19H23N7O2S/c1-2-6-20-14(4-1)13-27-15-5-3-7-26(12-15)19-18(25-8-10-29-11-9-25)21-16-17(22-19)24-28-23-16/h1-2,4,6,15H,3,5,7-13H2/t15-/m0/s1. The third kappa shape index (κ3) is 4.13. The van der Waals surface area contributed by atoms with Crippen molar-refractivity contribution in [2.45, 2.75) is 25.6 Å². The van der Waals surface area contributed by atoms with Gasteiger partial charge in [0.15, 0.2) is 11.6 Å². The Morgan fingerprint density at radius 2 is 1.83 bits per heavy atom. The summed E-state index contributed by atoms with van der Waals surface area (Å²) in [6.07, 6.45) is 3.99. The number of hydrogen-bond donors (Lipinski definition) is 0. The Labute approximate surface area is 172 Å². The molecule has 9 nitrogen and oxygen atoms in total. The number of rotatable bonds is 5. The molecule has 1 atom stereocenters. The maximum absolute atomic E-state index is 6.16. The summed E-state index contributed by atoms with van der Waals surface area (Å²) in [4.78, 5) is 18.4. The highest BCUT2D eigenvalue weighted by Crippen LogP contribution is 2.31. The van der Waals surface area contributed by atoms with Gasteiger partial charge in [-0.1, -0.05) is 6.07 Å². The van der Waals surface area contributed by atoms with Gasteiger partial charge in [-0.2, -0.15) is 11.8 Å². The Kier molecular flexibility index (Phi) is 5.44. The van der Waals surface area contributed by atoms with E-state index in [4.69, 9.17) is 19.3 Å². The highest BCUT2D eigenvalue weighted by molar-refractivity contribution is 7.99. The minimum atomic E-state index is 0.128. The maximum atomic E-state index is 6.16. The molecule has 2 fully saturated rings. The van der Waals surface area contributed by atoms with Crippen LogP contribution in [0.25, 0.3) is 11.3 Å². The predicted octanol–water partition coefficient (Wildman–Crippen LogP) is 2.15. The first-order chi connectivity index (χ1) is 14.4. The van der Waals surface area contributed by atoms with Gasteiger partial charge >= 0.3 is 0 Å². The van der Waals surface area contributed by atoms with Gasteiger partial charge in [0, 0.05) is 43.9 Å². The lowest BCUT2D eigenvalue weighted by atomic mass is 10.1. The molecular weight excluding hydrogens is 390 g/mol. The van der Waals surface area contributed by atoms with Crippen LogP contribution in [0.3, 0.4) is 0 Å². The maximum Gasteiger partial charge on any atom is 0.245 e. The normalized spacial score (nSPS) is 20.3. The molecular formula is C19H23N7O2S. The molecule has 5 heterocycles. The van der Waals surface area contributed by atoms with Crippen molar-refractivity contribution < 1.29 is 9.37 Å². The molecule has 0 aromatic carbocycles. The van der Waals surface area contributed by atoms with E-state index in [0.717, 1.165) is 67.9 Å². The molecule has 29 heavy (non-hydrogen) atoms. The fourth-order valence-corrected chi connectivity index (χ4v) is 4.68. The summed E-state index contributed by atoms with van der Waals surface area (Å²) in [6.45, 7) is 4.12. The summed E-state index contributed by atoms with van der Waals surface area (Å²) in [5.74, 6) is 3.91. The molecule has 152 valence electrons. The number of aromatic nitrogens is 5. The first-order valence-corrected chi connectivity index (χ1v) is 11.1. The first kappa shape index (κ1) is 18.6. The van der Waals surface area contributed by atoms with E-state index in [-0.39, 0.29) is 6.10 Å². The predicted molar refractivity (Wildman–Crippen MR) is 111 cm³/mol. The minimum absolute atomic E-state index is 0.128. The monoisotopic (exact) mass is 413 g/mol. The number of fused-ring (bicyclic) bond motifs is 1. The van der Waals surface area contributed by atoms with Crippen molar-refractivity contribution in [2.24, 2.45) is 0 Å². The Bertz CT molecular complexity index is 948. The molecule has 2 aliphatic heterocycles. The van der Waals surface area contributed by atoms with Crippen LogP contribution in [-0.4, -0.2) is 69.1 Å². The van der Waals surface area contributed by atoms with E-state index in [1.807, 2.05) is 30.0 Å². The van der Waals surface area contributed by atoms with Gasteiger partial charge in [0.25, 0.3) is 0 Å². The Morgan fingerprint density at radius 3 is 2.59 bits per heavy atom. The van der Waals surface area contributed by atoms with Crippen LogP contribution in [0.15, 0.2) is 29.0 Å². The zero-order chi connectivity index (χ0) is 19.5. The minimum Gasteiger partial charge on any atom is -0.370 e. The van der Waals surface area contributed by atoms with Crippen LogP contribution in [0.5, 0.6) is 0 Å². The van der Waals surface area contributed by atoms with Crippen LogP contribution in [-0.2, 0) is 11.3 Å². The third-order valence-corrected chi connectivity index (χ3v) is 6.20. The smallest absolute Gasteiger partial charge is 0.245 e. The summed E-state index contributed by atoms with van der Waals surface area (Å²) >= 11 is 1.97. The molecule has 10 heteroatoms. The number of hydrogen-bond acceptors (Lipinski definition) is 10. The molecule has 5 rings (SSSR count). The van der Waals surface area contributed by atoms with Crippen molar-refractivity contribution in [3.05, 3.63) is 30.1 Å². The van der Waals surface area contributed by atoms with Crippen molar-refractivity contribution in [3.8, 4) is 0 Å². The number of thioether (sulfide) groups is 1. The van der Waals surface area contributed by atoms with Gasteiger partial charge in [-0.3, -0.25) is 4.98 Å². The number of piperidine rings is 1. The van der Waals surface area contributed by atoms with Gasteiger partial charge < -0.3 is 14.5 Å². The highest BCUT2D eigenvalue weighted by Gasteiger charge is 2.28. The fraction of sp³-hybridized carbons (Fsp3) is 0.526. The summed E-state index contributed by atoms with van der Waals surface area (Å²) < 4.78 is 11.0. The second-order valence-corrected chi connectivity index (χ2v) is 8.45. The second-order valence-electron chi connectivity index (χ2n) is 7.22. The van der Waals surface area contributed by atoms with Crippen LogP contribution in [0.1, 0.15) is 18.5 Å². The van der Waals surface area contributed by atoms with E-state index >= 15 is 0 Å². The van der Waals surface area contributed by atoms with Gasteiger partial charge in [0.05, 0.1) is 18.4 Å². The van der Waals surface area contributed by atoms with Crippen molar-refractivity contribution in [2.75, 3.05) is 47.5 Å². The number of nitrogens with zero attached hydrogens (tertiary/aromatic N) is 7. The molecule has 0 N–H and O–H groups in total. The summed E-state index contributed by atoms with van der Waals surface area (Å²) in [7, 11) is 0. The van der Waals surface area contributed by atoms with Gasteiger partial charge in [-0.25, -0.2) is 14.6 Å². The zero-order valence-electron chi connectivity index (χ0n) is 16.1. The molecule has 0 saturated carbocycles. The van der Waals surface area contributed by atoms with E-state index in [2.05, 4.69) is 25.1 Å². The zero-order valence-corrected chi connectivity index (χ0v) is 16.9. The van der Waals surface area contributed by atoms with Crippen molar-refractivity contribution in [3.63, 3.8) is 0 Å². The van der Waals surface area contributed by atoms with Gasteiger partial charge in [0.1, 0.15) is 0 Å². The SMILES string of the molecule is c1ccc(CO[C@H]2CCCN(c3nc4nonc4nc3N3CCSCC3)C2)nc1. The molecule has 0 radical (unpaired) electrons. The van der Waals surface area contributed by atoms with E-state index in [9.17, 15) is 0 Å². The number of anilines is 2. The quantitative estimate of drug-likeness (QED) is 0.619. The van der Waals surface area contributed by atoms with Crippen LogP contribution in [0.4, 0.5) is 11.6 Å². The van der Waals surface area contributed by atoms with E-state index in [0.29, 0.717) is 17.9 Å². The Hall–Kier alpha value is -2.46. The van der Waals surface area contributed by atoms with Crippen molar-refractivity contribution in [1.82, 2.24) is 25.3 Å². The van der Waals surface area contributed by atoms with Crippen LogP contribution in [0.2, 0.25) is 0 Å². The molecule has 0 bridgehead atoms. The first-order valence-electron chi connectivity index (χ1n) is 9.96. The number of ether oxygens (including phenoxy) is 1.